The normalized spacial score (nSPS) is 12.7. The van der Waals surface area contributed by atoms with Crippen molar-refractivity contribution in [3.63, 3.8) is 0 Å². The van der Waals surface area contributed by atoms with Gasteiger partial charge in [-0.3, -0.25) is 0 Å². The van der Waals surface area contributed by atoms with Crippen LogP contribution in [0.3, 0.4) is 0 Å². The maximum atomic E-state index is 4.80. The highest BCUT2D eigenvalue weighted by Crippen LogP contribution is 2.25. The van der Waals surface area contributed by atoms with Crippen LogP contribution in [0, 0.1) is 7.14 Å². The van der Waals surface area contributed by atoms with E-state index in [4.69, 9.17) is 9.97 Å². The predicted molar refractivity (Wildman–Crippen MR) is 124 cm³/mol. The fraction of sp³-hybridized carbons (Fsp3) is 0. The number of aromatic amines is 2. The van der Waals surface area contributed by atoms with Gasteiger partial charge in [0.1, 0.15) is 0 Å². The molecule has 0 aliphatic carbocycles. The van der Waals surface area contributed by atoms with Crippen molar-refractivity contribution in [3.8, 4) is 0 Å². The molecule has 0 atom stereocenters. The molecule has 126 valence electrons. The fourth-order valence-corrected chi connectivity index (χ4v) is 4.22. The smallest absolute Gasteiger partial charge is 0.0793 e. The Morgan fingerprint density at radius 3 is 2.08 bits per heavy atom. The number of aromatic nitrogens is 4. The van der Waals surface area contributed by atoms with Crippen molar-refractivity contribution in [3.05, 3.63) is 66.3 Å². The number of nitrogens with zero attached hydrogens (tertiary/aromatic N) is 2. The molecule has 0 spiro atoms. The zero-order valence-electron chi connectivity index (χ0n) is 13.4. The lowest BCUT2D eigenvalue weighted by Gasteiger charge is -1.93. The molecule has 3 aromatic rings. The highest BCUT2D eigenvalue weighted by atomic mass is 127. The second-order valence-corrected chi connectivity index (χ2v) is 8.24. The van der Waals surface area contributed by atoms with E-state index in [0.717, 1.165) is 52.0 Å². The van der Waals surface area contributed by atoms with E-state index in [1.807, 2.05) is 12.2 Å². The molecule has 6 heteroatoms. The molecule has 0 amide bonds. The lowest BCUT2D eigenvalue weighted by molar-refractivity contribution is 1.24. The Balaban J connectivity index is 1.91. The summed E-state index contributed by atoms with van der Waals surface area (Å²) < 4.78 is 2.15. The van der Waals surface area contributed by atoms with E-state index in [0.29, 0.717) is 0 Å². The predicted octanol–water partition coefficient (Wildman–Crippen LogP) is 5.86. The van der Waals surface area contributed by atoms with Gasteiger partial charge in [0.15, 0.2) is 0 Å². The molecule has 0 fully saturated rings. The van der Waals surface area contributed by atoms with Gasteiger partial charge in [-0.2, -0.15) is 0 Å². The topological polar surface area (TPSA) is 57.4 Å². The molecule has 3 aromatic heterocycles. The Morgan fingerprint density at radius 1 is 0.615 bits per heavy atom. The standard InChI is InChI=1S/C20H12I2N4/c21-19-15-5-3-13(24-15)9-11-1-2-12(23-11)10-14-4-6-16(25-14)20(22)18-8-7-17(19)26-18/h1-10,23-24H. The first-order valence-electron chi connectivity index (χ1n) is 8.07. The number of H-pyrrole nitrogens is 2. The van der Waals surface area contributed by atoms with E-state index in [1.165, 1.54) is 0 Å². The number of rotatable bonds is 0. The van der Waals surface area contributed by atoms with Gasteiger partial charge in [-0.15, -0.1) is 0 Å². The molecular weight excluding hydrogens is 550 g/mol. The van der Waals surface area contributed by atoms with Crippen molar-refractivity contribution in [2.75, 3.05) is 0 Å². The molecule has 0 saturated carbocycles. The van der Waals surface area contributed by atoms with E-state index >= 15 is 0 Å². The van der Waals surface area contributed by atoms with Crippen LogP contribution in [0.15, 0.2) is 36.4 Å². The zero-order chi connectivity index (χ0) is 17.7. The van der Waals surface area contributed by atoms with Crippen molar-refractivity contribution in [2.45, 2.75) is 0 Å². The van der Waals surface area contributed by atoms with Crippen LogP contribution in [0.4, 0.5) is 0 Å². The molecular formula is C20H12I2N4. The van der Waals surface area contributed by atoms with E-state index < -0.39 is 0 Å². The molecule has 2 aliphatic rings. The summed E-state index contributed by atoms with van der Waals surface area (Å²) in [5.41, 5.74) is 8.00. The molecule has 26 heavy (non-hydrogen) atoms. The van der Waals surface area contributed by atoms with Gasteiger partial charge in [-0.05, 0) is 106 Å². The monoisotopic (exact) mass is 562 g/mol. The first kappa shape index (κ1) is 16.2. The lowest BCUT2D eigenvalue weighted by Crippen LogP contribution is -1.86. The van der Waals surface area contributed by atoms with E-state index in [-0.39, 0.29) is 0 Å². The quantitative estimate of drug-likeness (QED) is 0.233. The molecule has 0 aromatic carbocycles. The number of hydrogen-bond donors (Lipinski definition) is 2. The third kappa shape index (κ3) is 2.90. The van der Waals surface area contributed by atoms with Gasteiger partial charge in [-0.25, -0.2) is 9.97 Å². The average molecular weight is 562 g/mol. The first-order valence-corrected chi connectivity index (χ1v) is 10.2. The Morgan fingerprint density at radius 2 is 1.23 bits per heavy atom. The number of hydrogen-bond acceptors (Lipinski definition) is 2. The second-order valence-electron chi connectivity index (χ2n) is 6.08. The average Bonchev–Trinajstić information content (AvgIpc) is 3.41. The molecule has 0 unspecified atom stereocenters. The lowest BCUT2D eigenvalue weighted by atomic mass is 10.3. The summed E-state index contributed by atoms with van der Waals surface area (Å²) in [6.07, 6.45) is 8.19. The highest BCUT2D eigenvalue weighted by Gasteiger charge is 2.11. The first-order chi connectivity index (χ1) is 12.7. The van der Waals surface area contributed by atoms with Gasteiger partial charge in [0.2, 0.25) is 0 Å². The van der Waals surface area contributed by atoms with Crippen molar-refractivity contribution < 1.29 is 0 Å². The zero-order valence-corrected chi connectivity index (χ0v) is 17.7. The summed E-state index contributed by atoms with van der Waals surface area (Å²) in [6.45, 7) is 0. The van der Waals surface area contributed by atoms with E-state index in [2.05, 4.69) is 104 Å². The Hall–Kier alpha value is -1.94. The van der Waals surface area contributed by atoms with Gasteiger partial charge < -0.3 is 9.97 Å². The van der Waals surface area contributed by atoms with Crippen molar-refractivity contribution in [1.29, 1.82) is 0 Å². The number of fused-ring (bicyclic) bond motifs is 8. The van der Waals surface area contributed by atoms with Crippen LogP contribution in [-0.2, 0) is 0 Å². The number of halogens is 2. The van der Waals surface area contributed by atoms with Crippen LogP contribution in [0.1, 0.15) is 22.8 Å². The Kier molecular flexibility index (Phi) is 3.96. The molecule has 0 saturated heterocycles. The van der Waals surface area contributed by atoms with Crippen molar-refractivity contribution in [1.82, 2.24) is 19.9 Å². The molecule has 0 radical (unpaired) electrons. The van der Waals surface area contributed by atoms with Crippen molar-refractivity contribution in [2.24, 2.45) is 0 Å². The Labute approximate surface area is 176 Å². The summed E-state index contributed by atoms with van der Waals surface area (Å²) in [7, 11) is 0. The minimum Gasteiger partial charge on any atom is -0.355 e. The molecule has 2 aliphatic heterocycles. The molecule has 2 N–H and O–H groups in total. The minimum absolute atomic E-state index is 0.935. The second kappa shape index (κ2) is 6.34. The molecule has 4 nitrogen and oxygen atoms in total. The van der Waals surface area contributed by atoms with Gasteiger partial charge >= 0.3 is 0 Å². The molecule has 8 bridgehead atoms. The van der Waals surface area contributed by atoms with Crippen LogP contribution in [0.25, 0.3) is 46.4 Å². The van der Waals surface area contributed by atoms with Crippen LogP contribution in [-0.4, -0.2) is 19.9 Å². The largest absolute Gasteiger partial charge is 0.355 e. The van der Waals surface area contributed by atoms with E-state index in [1.54, 1.807) is 0 Å². The third-order valence-electron chi connectivity index (χ3n) is 4.27. The minimum atomic E-state index is 0.935. The fourth-order valence-electron chi connectivity index (χ4n) is 3.01. The SMILES string of the molecule is Ic1c2nc(cc3ccc(cc4ccc([nH]4)c(I)c4nc1C=C4)[nH]3)C=C2. The maximum absolute atomic E-state index is 4.80. The molecule has 5 heterocycles. The highest BCUT2D eigenvalue weighted by molar-refractivity contribution is 14.1. The Bertz CT molecular complexity index is 1260. The van der Waals surface area contributed by atoms with Gasteiger partial charge in [0.05, 0.1) is 35.4 Å². The van der Waals surface area contributed by atoms with Crippen LogP contribution in [0.5, 0.6) is 0 Å². The summed E-state index contributed by atoms with van der Waals surface area (Å²) in [5, 5.41) is 0. The van der Waals surface area contributed by atoms with Crippen LogP contribution < -0.4 is 0 Å². The van der Waals surface area contributed by atoms with Crippen LogP contribution >= 0.6 is 45.2 Å². The van der Waals surface area contributed by atoms with Crippen molar-refractivity contribution >= 4 is 91.6 Å². The summed E-state index contributed by atoms with van der Waals surface area (Å²) in [4.78, 5) is 16.4. The van der Waals surface area contributed by atoms with Crippen LogP contribution in [0.2, 0.25) is 0 Å². The van der Waals surface area contributed by atoms with Gasteiger partial charge in [0.25, 0.3) is 0 Å². The third-order valence-corrected chi connectivity index (χ3v) is 6.51. The number of nitrogens with one attached hydrogen (secondary N) is 2. The molecule has 5 rings (SSSR count). The summed E-state index contributed by atoms with van der Waals surface area (Å²) in [5.74, 6) is 0. The maximum Gasteiger partial charge on any atom is 0.0793 e. The van der Waals surface area contributed by atoms with Gasteiger partial charge in [-0.1, -0.05) is 0 Å². The summed E-state index contributed by atoms with van der Waals surface area (Å²) >= 11 is 4.68. The van der Waals surface area contributed by atoms with Gasteiger partial charge in [0, 0.05) is 16.6 Å². The van der Waals surface area contributed by atoms with E-state index in [9.17, 15) is 0 Å². The summed E-state index contributed by atoms with van der Waals surface area (Å²) in [6, 6.07) is 12.5.